The lowest BCUT2D eigenvalue weighted by atomic mass is 9.98. The van der Waals surface area contributed by atoms with Crippen LogP contribution in [0.3, 0.4) is 0 Å². The number of hydrogen-bond acceptors (Lipinski definition) is 3. The summed E-state index contributed by atoms with van der Waals surface area (Å²) >= 11 is 12.1. The molecule has 0 amide bonds. The normalized spacial score (nSPS) is 12.9. The molecule has 0 bridgehead atoms. The second-order valence-corrected chi connectivity index (χ2v) is 6.76. The highest BCUT2D eigenvalue weighted by atomic mass is 35.5. The largest absolute Gasteiger partial charge is 0.507 e. The van der Waals surface area contributed by atoms with Gasteiger partial charge in [0, 0.05) is 33.6 Å². The highest BCUT2D eigenvalue weighted by molar-refractivity contribution is 6.32. The van der Waals surface area contributed by atoms with Crippen molar-refractivity contribution in [1.29, 1.82) is 0 Å². The quantitative estimate of drug-likeness (QED) is 0.685. The third kappa shape index (κ3) is 5.21. The molecular weight excluding hydrogens is 361 g/mol. The number of aliphatic imine (C=N–C) groups is 1. The van der Waals surface area contributed by atoms with Crippen LogP contribution < -0.4 is 0 Å². The Morgan fingerprint density at radius 2 is 1.80 bits per heavy atom. The van der Waals surface area contributed by atoms with Gasteiger partial charge in [-0.25, -0.2) is 0 Å². The van der Waals surface area contributed by atoms with E-state index >= 15 is 0 Å². The first kappa shape index (κ1) is 19.3. The molecule has 1 unspecified atom stereocenters. The number of hydrogen-bond donors (Lipinski definition) is 2. The Morgan fingerprint density at radius 3 is 2.40 bits per heavy atom. The minimum atomic E-state index is -0.864. The molecule has 1 atom stereocenters. The molecule has 0 aliphatic heterocycles. The van der Waals surface area contributed by atoms with Crippen molar-refractivity contribution in [1.82, 2.24) is 0 Å². The number of halogens is 2. The number of nitrogens with zero attached hydrogens (tertiary/aromatic N) is 1. The molecule has 6 heteroatoms. The van der Waals surface area contributed by atoms with E-state index in [0.717, 1.165) is 5.56 Å². The number of carbonyl (C=O) groups is 1. The van der Waals surface area contributed by atoms with Crippen molar-refractivity contribution in [3.8, 4) is 5.75 Å². The summed E-state index contributed by atoms with van der Waals surface area (Å²) in [6, 6.07) is 10.2. The Bertz CT molecular complexity index is 801. The Balaban J connectivity index is 2.53. The van der Waals surface area contributed by atoms with Gasteiger partial charge in [0.2, 0.25) is 0 Å². The highest BCUT2D eigenvalue weighted by Crippen LogP contribution is 2.30. The molecule has 2 aromatic rings. The fourth-order valence-corrected chi connectivity index (χ4v) is 2.84. The summed E-state index contributed by atoms with van der Waals surface area (Å²) in [5.74, 6) is -0.764. The van der Waals surface area contributed by atoms with Crippen LogP contribution >= 0.6 is 23.2 Å². The van der Waals surface area contributed by atoms with Gasteiger partial charge in [-0.2, -0.15) is 0 Å². The van der Waals surface area contributed by atoms with Gasteiger partial charge < -0.3 is 10.2 Å². The van der Waals surface area contributed by atoms with Crippen LogP contribution in [-0.2, 0) is 4.79 Å². The van der Waals surface area contributed by atoms with E-state index in [-0.39, 0.29) is 18.2 Å². The summed E-state index contributed by atoms with van der Waals surface area (Å²) in [5, 5.41) is 20.4. The predicted molar refractivity (Wildman–Crippen MR) is 101 cm³/mol. The van der Waals surface area contributed by atoms with Crippen LogP contribution in [0.1, 0.15) is 36.5 Å². The fraction of sp³-hybridized carbons (Fsp3) is 0.263. The molecule has 0 radical (unpaired) electrons. The molecule has 25 heavy (non-hydrogen) atoms. The monoisotopic (exact) mass is 379 g/mol. The molecule has 132 valence electrons. The summed E-state index contributed by atoms with van der Waals surface area (Å²) in [6.45, 7) is 3.60. The topological polar surface area (TPSA) is 69.9 Å². The van der Waals surface area contributed by atoms with Gasteiger partial charge in [0.05, 0.1) is 5.71 Å². The number of rotatable bonds is 6. The zero-order valence-corrected chi connectivity index (χ0v) is 15.5. The Kier molecular flexibility index (Phi) is 6.45. The summed E-state index contributed by atoms with van der Waals surface area (Å²) < 4.78 is 0. The lowest BCUT2D eigenvalue weighted by molar-refractivity contribution is -0.137. The standard InChI is InChI=1S/C19H19Cl2NO3/c1-11-9-15(21)10-16(19(11)25)18(13-4-6-14(20)7-5-13)22-12(2)3-8-17(23)24/h4-7,9-10,12,25H,3,8H2,1-2H3,(H,23,24). The van der Waals surface area contributed by atoms with Gasteiger partial charge in [0.1, 0.15) is 5.75 Å². The van der Waals surface area contributed by atoms with Gasteiger partial charge >= 0.3 is 5.97 Å². The number of aliphatic carboxylic acids is 1. The molecule has 2 N–H and O–H groups in total. The lowest BCUT2D eigenvalue weighted by Crippen LogP contribution is -2.11. The van der Waals surface area contributed by atoms with Crippen molar-refractivity contribution >= 4 is 34.9 Å². The van der Waals surface area contributed by atoms with E-state index < -0.39 is 5.97 Å². The van der Waals surface area contributed by atoms with Gasteiger partial charge in [-0.1, -0.05) is 35.3 Å². The molecule has 2 aromatic carbocycles. The minimum Gasteiger partial charge on any atom is -0.507 e. The Labute approximate surface area is 156 Å². The molecule has 0 heterocycles. The fourth-order valence-electron chi connectivity index (χ4n) is 2.44. The van der Waals surface area contributed by atoms with Crippen molar-refractivity contribution < 1.29 is 15.0 Å². The SMILES string of the molecule is Cc1cc(Cl)cc(C(=NC(C)CCC(=O)O)c2ccc(Cl)cc2)c1O. The van der Waals surface area contributed by atoms with E-state index in [0.29, 0.717) is 33.3 Å². The number of carboxylic acid groups (broad SMARTS) is 1. The molecule has 0 aliphatic rings. The third-order valence-corrected chi connectivity index (χ3v) is 4.23. The maximum absolute atomic E-state index is 10.8. The van der Waals surface area contributed by atoms with E-state index in [2.05, 4.69) is 4.99 Å². The molecular formula is C19H19Cl2NO3. The first-order chi connectivity index (χ1) is 11.8. The molecule has 0 aliphatic carbocycles. The van der Waals surface area contributed by atoms with E-state index in [1.165, 1.54) is 0 Å². The van der Waals surface area contributed by atoms with Crippen molar-refractivity contribution in [3.05, 3.63) is 63.1 Å². The molecule has 0 spiro atoms. The first-order valence-electron chi connectivity index (χ1n) is 7.83. The molecule has 2 rings (SSSR count). The van der Waals surface area contributed by atoms with E-state index in [9.17, 15) is 9.90 Å². The first-order valence-corrected chi connectivity index (χ1v) is 8.58. The summed E-state index contributed by atoms with van der Waals surface area (Å²) in [5.41, 5.74) is 2.47. The molecule has 0 aromatic heterocycles. The molecule has 4 nitrogen and oxygen atoms in total. The van der Waals surface area contributed by atoms with Crippen molar-refractivity contribution in [3.63, 3.8) is 0 Å². The van der Waals surface area contributed by atoms with Crippen LogP contribution in [-0.4, -0.2) is 27.9 Å². The minimum absolute atomic E-state index is 0.0269. The highest BCUT2D eigenvalue weighted by Gasteiger charge is 2.16. The number of carboxylic acids is 1. The smallest absolute Gasteiger partial charge is 0.303 e. The molecule has 0 fully saturated rings. The number of aromatic hydroxyl groups is 1. The van der Waals surface area contributed by atoms with Crippen molar-refractivity contribution in [2.75, 3.05) is 0 Å². The van der Waals surface area contributed by atoms with Crippen LogP contribution in [0.25, 0.3) is 0 Å². The molecule has 0 saturated carbocycles. The third-order valence-electron chi connectivity index (χ3n) is 3.76. The van der Waals surface area contributed by atoms with Crippen LogP contribution in [0, 0.1) is 6.92 Å². The van der Waals surface area contributed by atoms with Gasteiger partial charge in [-0.15, -0.1) is 0 Å². The number of aryl methyl sites for hydroxylation is 1. The number of benzene rings is 2. The van der Waals surface area contributed by atoms with Gasteiger partial charge in [-0.05, 0) is 50.1 Å². The Hall–Kier alpha value is -2.04. The number of phenols is 1. The second kappa shape index (κ2) is 8.37. The maximum atomic E-state index is 10.8. The van der Waals surface area contributed by atoms with Crippen molar-refractivity contribution in [2.24, 2.45) is 4.99 Å². The predicted octanol–water partition coefficient (Wildman–Crippen LogP) is 5.10. The average molecular weight is 380 g/mol. The summed E-state index contributed by atoms with van der Waals surface area (Å²) in [7, 11) is 0. The van der Waals surface area contributed by atoms with Crippen LogP contribution in [0.2, 0.25) is 10.0 Å². The van der Waals surface area contributed by atoms with Crippen LogP contribution in [0.5, 0.6) is 5.75 Å². The average Bonchev–Trinajstić information content (AvgIpc) is 2.55. The lowest BCUT2D eigenvalue weighted by Gasteiger charge is -2.15. The maximum Gasteiger partial charge on any atom is 0.303 e. The van der Waals surface area contributed by atoms with E-state index in [4.69, 9.17) is 28.3 Å². The number of phenolic OH excluding ortho intramolecular Hbond substituents is 1. The van der Waals surface area contributed by atoms with E-state index in [1.54, 1.807) is 43.3 Å². The zero-order valence-electron chi connectivity index (χ0n) is 14.0. The van der Waals surface area contributed by atoms with Crippen LogP contribution in [0.15, 0.2) is 41.4 Å². The Morgan fingerprint density at radius 1 is 1.16 bits per heavy atom. The van der Waals surface area contributed by atoms with Crippen LogP contribution in [0.4, 0.5) is 0 Å². The van der Waals surface area contributed by atoms with Gasteiger partial charge in [0.15, 0.2) is 0 Å². The van der Waals surface area contributed by atoms with E-state index in [1.807, 2.05) is 6.92 Å². The van der Waals surface area contributed by atoms with Gasteiger partial charge in [-0.3, -0.25) is 9.79 Å². The molecule has 0 saturated heterocycles. The van der Waals surface area contributed by atoms with Crippen molar-refractivity contribution in [2.45, 2.75) is 32.7 Å². The summed E-state index contributed by atoms with van der Waals surface area (Å²) in [4.78, 5) is 15.4. The zero-order chi connectivity index (χ0) is 18.6. The second-order valence-electron chi connectivity index (χ2n) is 5.88. The summed E-state index contributed by atoms with van der Waals surface area (Å²) in [6.07, 6.45) is 0.422. The van der Waals surface area contributed by atoms with Gasteiger partial charge in [0.25, 0.3) is 0 Å².